The Labute approximate surface area is 168 Å². The fourth-order valence-electron chi connectivity index (χ4n) is 3.82. The van der Waals surface area contributed by atoms with Crippen LogP contribution in [-0.4, -0.2) is 35.0 Å². The fourth-order valence-corrected chi connectivity index (χ4v) is 4.76. The van der Waals surface area contributed by atoms with Crippen LogP contribution in [0.15, 0.2) is 36.7 Å². The van der Waals surface area contributed by atoms with Crippen LogP contribution in [0.5, 0.6) is 0 Å². The first-order chi connectivity index (χ1) is 13.5. The molecule has 1 saturated heterocycles. The van der Waals surface area contributed by atoms with Crippen molar-refractivity contribution in [2.75, 3.05) is 23.3 Å². The second kappa shape index (κ2) is 7.85. The Morgan fingerprint density at radius 3 is 3.00 bits per heavy atom. The molecule has 1 aliphatic heterocycles. The van der Waals surface area contributed by atoms with E-state index in [0.29, 0.717) is 17.3 Å². The zero-order chi connectivity index (χ0) is 19.7. The van der Waals surface area contributed by atoms with Crippen LogP contribution in [0.3, 0.4) is 0 Å². The van der Waals surface area contributed by atoms with Crippen LogP contribution < -0.4 is 16.0 Å². The number of piperidine rings is 1. The van der Waals surface area contributed by atoms with Gasteiger partial charge in [-0.3, -0.25) is 9.78 Å². The third-order valence-electron chi connectivity index (χ3n) is 5.08. The summed E-state index contributed by atoms with van der Waals surface area (Å²) in [4.78, 5) is 25.1. The Hall–Kier alpha value is -2.51. The van der Waals surface area contributed by atoms with Crippen LogP contribution in [0.2, 0.25) is 0 Å². The lowest BCUT2D eigenvalue weighted by Gasteiger charge is -2.37. The molecule has 146 valence electrons. The van der Waals surface area contributed by atoms with E-state index in [2.05, 4.69) is 40.1 Å². The number of aryl methyl sites for hydroxylation is 1. The van der Waals surface area contributed by atoms with Gasteiger partial charge < -0.3 is 16.0 Å². The predicted octanol–water partition coefficient (Wildman–Crippen LogP) is 3.68. The molecule has 0 aliphatic carbocycles. The number of pyridine rings is 2. The minimum atomic E-state index is -0.227. The normalized spacial score (nSPS) is 19.8. The van der Waals surface area contributed by atoms with Gasteiger partial charge in [0.15, 0.2) is 0 Å². The first-order valence-corrected chi connectivity index (χ1v) is 10.5. The summed E-state index contributed by atoms with van der Waals surface area (Å²) in [5.74, 6) is 0.283. The summed E-state index contributed by atoms with van der Waals surface area (Å²) in [6.07, 6.45) is 5.43. The van der Waals surface area contributed by atoms with Crippen molar-refractivity contribution in [2.24, 2.45) is 11.7 Å². The van der Waals surface area contributed by atoms with E-state index in [1.54, 1.807) is 29.8 Å². The number of carbonyl (C=O) groups excluding carboxylic acids is 1. The number of amides is 1. The molecule has 4 heterocycles. The van der Waals surface area contributed by atoms with Gasteiger partial charge in [0.1, 0.15) is 5.69 Å². The SMILES string of the molecule is CCc1cc2nc(C(=O)Nc3cnccc3N3C[C@H](C)C[C@H](N)C3)ccc2s1. The number of fused-ring (bicyclic) bond motifs is 1. The van der Waals surface area contributed by atoms with Gasteiger partial charge in [-0.1, -0.05) is 13.8 Å². The van der Waals surface area contributed by atoms with Crippen LogP contribution in [0, 0.1) is 5.92 Å². The molecule has 1 fully saturated rings. The topological polar surface area (TPSA) is 84.1 Å². The van der Waals surface area contributed by atoms with Crippen molar-refractivity contribution in [3.05, 3.63) is 47.2 Å². The smallest absolute Gasteiger partial charge is 0.274 e. The molecule has 0 saturated carbocycles. The van der Waals surface area contributed by atoms with Crippen LogP contribution in [0.1, 0.15) is 35.6 Å². The molecule has 3 N–H and O–H groups in total. The lowest BCUT2D eigenvalue weighted by molar-refractivity contribution is 0.102. The van der Waals surface area contributed by atoms with Crippen molar-refractivity contribution in [1.29, 1.82) is 0 Å². The molecular formula is C21H25N5OS. The number of nitrogens with two attached hydrogens (primary N) is 1. The van der Waals surface area contributed by atoms with Gasteiger partial charge in [0.2, 0.25) is 0 Å². The van der Waals surface area contributed by atoms with E-state index >= 15 is 0 Å². The summed E-state index contributed by atoms with van der Waals surface area (Å²) in [6.45, 7) is 6.02. The largest absolute Gasteiger partial charge is 0.368 e. The van der Waals surface area contributed by atoms with Crippen LogP contribution in [0.4, 0.5) is 11.4 Å². The molecule has 7 heteroatoms. The van der Waals surface area contributed by atoms with Gasteiger partial charge >= 0.3 is 0 Å². The molecule has 0 unspecified atom stereocenters. The Bertz CT molecular complexity index is 991. The monoisotopic (exact) mass is 395 g/mol. The zero-order valence-corrected chi connectivity index (χ0v) is 17.0. The van der Waals surface area contributed by atoms with E-state index in [0.717, 1.165) is 41.8 Å². The summed E-state index contributed by atoms with van der Waals surface area (Å²) in [5.41, 5.74) is 9.13. The number of nitrogens with zero attached hydrogens (tertiary/aromatic N) is 3. The third kappa shape index (κ3) is 3.86. The Morgan fingerprint density at radius 1 is 1.36 bits per heavy atom. The average molecular weight is 396 g/mol. The summed E-state index contributed by atoms with van der Waals surface area (Å²) >= 11 is 1.72. The highest BCUT2D eigenvalue weighted by Crippen LogP contribution is 2.30. The number of thiophene rings is 1. The Kier molecular flexibility index (Phi) is 5.28. The van der Waals surface area contributed by atoms with Crippen molar-refractivity contribution in [1.82, 2.24) is 9.97 Å². The maximum atomic E-state index is 12.9. The second-order valence-corrected chi connectivity index (χ2v) is 8.67. The molecule has 28 heavy (non-hydrogen) atoms. The molecule has 4 rings (SSSR count). The van der Waals surface area contributed by atoms with Crippen molar-refractivity contribution in [3.63, 3.8) is 0 Å². The Balaban J connectivity index is 1.58. The molecular weight excluding hydrogens is 370 g/mol. The van der Waals surface area contributed by atoms with Gasteiger partial charge in [0.05, 0.1) is 27.8 Å². The lowest BCUT2D eigenvalue weighted by Crippen LogP contribution is -2.46. The van der Waals surface area contributed by atoms with Gasteiger partial charge in [-0.05, 0) is 43.0 Å². The average Bonchev–Trinajstić information content (AvgIpc) is 3.10. The van der Waals surface area contributed by atoms with Crippen LogP contribution in [0.25, 0.3) is 10.2 Å². The van der Waals surface area contributed by atoms with Gasteiger partial charge in [0, 0.05) is 30.2 Å². The zero-order valence-electron chi connectivity index (χ0n) is 16.2. The molecule has 1 amide bonds. The number of rotatable bonds is 4. The number of nitrogens with one attached hydrogen (secondary N) is 1. The van der Waals surface area contributed by atoms with Gasteiger partial charge in [-0.15, -0.1) is 11.3 Å². The van der Waals surface area contributed by atoms with E-state index in [1.807, 2.05) is 12.1 Å². The van der Waals surface area contributed by atoms with Crippen molar-refractivity contribution in [2.45, 2.75) is 32.7 Å². The summed E-state index contributed by atoms with van der Waals surface area (Å²) < 4.78 is 1.10. The van der Waals surface area contributed by atoms with E-state index in [4.69, 9.17) is 5.73 Å². The van der Waals surface area contributed by atoms with Crippen LogP contribution in [-0.2, 0) is 6.42 Å². The standard InChI is InChI=1S/C21H25N5OS/c1-3-15-9-17-20(28-15)5-4-16(24-17)21(27)25-18-10-23-7-6-19(18)26-11-13(2)8-14(22)12-26/h4-7,9-10,13-14H,3,8,11-12,22H2,1-2H3,(H,25,27)/t13-,14+/m1/s1. The maximum Gasteiger partial charge on any atom is 0.274 e. The van der Waals surface area contributed by atoms with Gasteiger partial charge in [-0.2, -0.15) is 0 Å². The van der Waals surface area contributed by atoms with Crippen LogP contribution >= 0.6 is 11.3 Å². The van der Waals surface area contributed by atoms with Gasteiger partial charge in [0.25, 0.3) is 5.91 Å². The molecule has 0 radical (unpaired) electrons. The first-order valence-electron chi connectivity index (χ1n) is 9.69. The summed E-state index contributed by atoms with van der Waals surface area (Å²) in [7, 11) is 0. The van der Waals surface area contributed by atoms with Gasteiger partial charge in [-0.25, -0.2) is 4.98 Å². The number of aromatic nitrogens is 2. The van der Waals surface area contributed by atoms with Crippen molar-refractivity contribution < 1.29 is 4.79 Å². The predicted molar refractivity (Wildman–Crippen MR) is 115 cm³/mol. The molecule has 1 aliphatic rings. The lowest BCUT2D eigenvalue weighted by atomic mass is 9.96. The first kappa shape index (κ1) is 18.8. The minimum absolute atomic E-state index is 0.135. The van der Waals surface area contributed by atoms with E-state index in [-0.39, 0.29) is 11.9 Å². The summed E-state index contributed by atoms with van der Waals surface area (Å²) in [6, 6.07) is 7.88. The molecule has 2 atom stereocenters. The molecule has 3 aromatic rings. The van der Waals surface area contributed by atoms with E-state index in [9.17, 15) is 4.79 Å². The molecule has 3 aromatic heterocycles. The molecule has 0 aromatic carbocycles. The number of hydrogen-bond donors (Lipinski definition) is 2. The summed E-state index contributed by atoms with van der Waals surface area (Å²) in [5, 5.41) is 3.00. The second-order valence-electron chi connectivity index (χ2n) is 7.50. The van der Waals surface area contributed by atoms with E-state index < -0.39 is 0 Å². The highest BCUT2D eigenvalue weighted by molar-refractivity contribution is 7.19. The molecule has 0 spiro atoms. The highest BCUT2D eigenvalue weighted by atomic mass is 32.1. The molecule has 6 nitrogen and oxygen atoms in total. The van der Waals surface area contributed by atoms with Crippen molar-refractivity contribution >= 4 is 38.8 Å². The molecule has 0 bridgehead atoms. The number of hydrogen-bond acceptors (Lipinski definition) is 6. The maximum absolute atomic E-state index is 12.9. The Morgan fingerprint density at radius 2 is 2.21 bits per heavy atom. The quantitative estimate of drug-likeness (QED) is 0.704. The third-order valence-corrected chi connectivity index (χ3v) is 6.32. The minimum Gasteiger partial charge on any atom is -0.368 e. The fraction of sp³-hybridized carbons (Fsp3) is 0.381. The van der Waals surface area contributed by atoms with Crippen molar-refractivity contribution in [3.8, 4) is 0 Å². The van der Waals surface area contributed by atoms with E-state index in [1.165, 1.54) is 4.88 Å². The number of anilines is 2. The highest BCUT2D eigenvalue weighted by Gasteiger charge is 2.24. The number of carbonyl (C=O) groups is 1.